The van der Waals surface area contributed by atoms with Crippen molar-refractivity contribution < 1.29 is 43.2 Å². The second-order valence-corrected chi connectivity index (χ2v) is 14.5. The van der Waals surface area contributed by atoms with Crippen molar-refractivity contribution >= 4 is 45.3 Å². The summed E-state index contributed by atoms with van der Waals surface area (Å²) in [4.78, 5) is 59.6. The highest BCUT2D eigenvalue weighted by Gasteiger charge is 2.77. The number of nitrogens with one attached hydrogen (secondary N) is 1. The van der Waals surface area contributed by atoms with Gasteiger partial charge in [0.1, 0.15) is 23.5 Å². The molecule has 0 aromatic heterocycles. The normalized spacial score (nSPS) is 25.6. The molecular weight excluding hydrogens is 734 g/mol. The fourth-order valence-corrected chi connectivity index (χ4v) is 8.74. The molecule has 2 aromatic carbocycles. The highest BCUT2D eigenvalue weighted by molar-refractivity contribution is 9.09. The Hall–Kier alpha value is -4.04. The van der Waals surface area contributed by atoms with E-state index in [2.05, 4.69) is 34.4 Å². The zero-order valence-corrected chi connectivity index (χ0v) is 31.2. The lowest BCUT2D eigenvalue weighted by Crippen LogP contribution is -2.57. The van der Waals surface area contributed by atoms with Crippen LogP contribution in [0.1, 0.15) is 43.8 Å². The number of halogens is 1. The highest BCUT2D eigenvalue weighted by atomic mass is 79.9. The molecular formula is C39H48BrN3O9. The molecule has 3 saturated heterocycles. The van der Waals surface area contributed by atoms with Gasteiger partial charge in [-0.15, -0.1) is 13.2 Å². The van der Waals surface area contributed by atoms with E-state index in [9.17, 15) is 24.3 Å². The van der Waals surface area contributed by atoms with Crippen molar-refractivity contribution in [3.8, 4) is 5.75 Å². The zero-order chi connectivity index (χ0) is 37.4. The Bertz CT molecular complexity index is 1590. The van der Waals surface area contributed by atoms with Gasteiger partial charge in [-0.05, 0) is 55.5 Å². The number of methoxy groups -OCH3 is 2. The number of aliphatic hydroxyl groups excluding tert-OH is 1. The number of alkyl halides is 1. The van der Waals surface area contributed by atoms with Crippen LogP contribution in [0.2, 0.25) is 0 Å². The van der Waals surface area contributed by atoms with Crippen molar-refractivity contribution in [2.75, 3.05) is 45.4 Å². The molecule has 12 nitrogen and oxygen atoms in total. The minimum absolute atomic E-state index is 0.0460. The number of likely N-dealkylation sites (tertiary alicyclic amines) is 1. The van der Waals surface area contributed by atoms with Crippen LogP contribution < -0.4 is 15.0 Å². The number of nitrogens with zero attached hydrogens (tertiary/aromatic N) is 2. The van der Waals surface area contributed by atoms with Crippen molar-refractivity contribution in [1.82, 2.24) is 10.2 Å². The number of hydrogen-bond donors (Lipinski definition) is 2. The quantitative estimate of drug-likeness (QED) is 0.0932. The third kappa shape index (κ3) is 7.83. The van der Waals surface area contributed by atoms with E-state index in [4.69, 9.17) is 18.9 Å². The van der Waals surface area contributed by atoms with Crippen LogP contribution >= 0.6 is 15.9 Å². The standard InChI is InChI=1S/C39H48BrN3O9/c1-5-7-15-30(45)41-29(24-49-3)33(25-13-9-8-10-14-25)51-38(48)31-32-36(46)43(21-11-12-22-44)35(39(32)23-28(40)34(31)52-39)37(47)42(20-6-2)26-16-18-27(50-4)19-17-26/h5-6,8-10,13-14,16-19,28-29,31-35,44H,1-2,7,11-12,15,20-24H2,3-4H3,(H,41,45)/t28?,29-,31-,32+,33-,34-,35-,39+/m0/s1. The van der Waals surface area contributed by atoms with Gasteiger partial charge in [0.15, 0.2) is 0 Å². The second-order valence-electron chi connectivity index (χ2n) is 13.3. The minimum Gasteiger partial charge on any atom is -0.497 e. The minimum atomic E-state index is -1.34. The predicted octanol–water partition coefficient (Wildman–Crippen LogP) is 4.12. The molecule has 13 heteroatoms. The number of allylic oxidation sites excluding steroid dienone is 1. The number of amides is 3. The number of rotatable bonds is 19. The Labute approximate surface area is 313 Å². The van der Waals surface area contributed by atoms with Gasteiger partial charge in [0, 0.05) is 43.7 Å². The van der Waals surface area contributed by atoms with Crippen molar-refractivity contribution in [2.24, 2.45) is 11.8 Å². The predicted molar refractivity (Wildman–Crippen MR) is 198 cm³/mol. The molecule has 5 rings (SSSR count). The number of carbonyl (C=O) groups excluding carboxylic acids is 4. The van der Waals surface area contributed by atoms with Crippen LogP contribution in [0.15, 0.2) is 79.9 Å². The van der Waals surface area contributed by atoms with Gasteiger partial charge >= 0.3 is 5.97 Å². The lowest BCUT2D eigenvalue weighted by atomic mass is 9.70. The average molecular weight is 783 g/mol. The van der Waals surface area contributed by atoms with Crippen LogP contribution in [-0.2, 0) is 33.4 Å². The van der Waals surface area contributed by atoms with Crippen LogP contribution in [0.3, 0.4) is 0 Å². The van der Waals surface area contributed by atoms with Gasteiger partial charge in [0.25, 0.3) is 5.91 Å². The number of fused-ring (bicyclic) bond motifs is 1. The third-order valence-corrected chi connectivity index (χ3v) is 10.9. The fraction of sp³-hybridized carbons (Fsp3) is 0.487. The highest BCUT2D eigenvalue weighted by Crippen LogP contribution is 2.60. The van der Waals surface area contributed by atoms with Crippen LogP contribution in [-0.4, -0.2) is 103 Å². The number of carbonyl (C=O) groups is 4. The van der Waals surface area contributed by atoms with E-state index in [1.54, 1.807) is 60.6 Å². The summed E-state index contributed by atoms with van der Waals surface area (Å²) in [6.07, 6.45) is 3.38. The van der Waals surface area contributed by atoms with Gasteiger partial charge in [-0.2, -0.15) is 0 Å². The monoisotopic (exact) mass is 781 g/mol. The van der Waals surface area contributed by atoms with Crippen LogP contribution in [0.5, 0.6) is 5.75 Å². The van der Waals surface area contributed by atoms with E-state index in [-0.39, 0.29) is 55.3 Å². The molecule has 1 unspecified atom stereocenters. The summed E-state index contributed by atoms with van der Waals surface area (Å²) in [5.74, 6) is -3.13. The second kappa shape index (κ2) is 17.7. The lowest BCUT2D eigenvalue weighted by Gasteiger charge is -2.37. The largest absolute Gasteiger partial charge is 0.497 e. The molecule has 280 valence electrons. The van der Waals surface area contributed by atoms with E-state index in [0.29, 0.717) is 42.7 Å². The number of aliphatic hydroxyl groups is 1. The Morgan fingerprint density at radius 3 is 2.48 bits per heavy atom. The van der Waals surface area contributed by atoms with E-state index in [1.165, 1.54) is 12.0 Å². The molecule has 2 aromatic rings. The summed E-state index contributed by atoms with van der Waals surface area (Å²) >= 11 is 3.73. The smallest absolute Gasteiger partial charge is 0.313 e. The van der Waals surface area contributed by atoms with Crippen molar-refractivity contribution in [3.63, 3.8) is 0 Å². The number of unbranched alkanes of at least 4 members (excludes halogenated alkanes) is 1. The summed E-state index contributed by atoms with van der Waals surface area (Å²) in [5, 5.41) is 12.5. The van der Waals surface area contributed by atoms with Crippen LogP contribution in [0.25, 0.3) is 0 Å². The Balaban J connectivity index is 1.51. The summed E-state index contributed by atoms with van der Waals surface area (Å²) in [5.41, 5.74) is -0.126. The van der Waals surface area contributed by atoms with Gasteiger partial charge in [-0.25, -0.2) is 0 Å². The summed E-state index contributed by atoms with van der Waals surface area (Å²) in [7, 11) is 3.05. The van der Waals surface area contributed by atoms with E-state index < -0.39 is 47.7 Å². The van der Waals surface area contributed by atoms with Crippen molar-refractivity contribution in [1.29, 1.82) is 0 Å². The van der Waals surface area contributed by atoms with E-state index in [1.807, 2.05) is 18.2 Å². The fourth-order valence-electron chi connectivity index (χ4n) is 7.80. The first-order chi connectivity index (χ1) is 25.1. The van der Waals surface area contributed by atoms with E-state index in [0.717, 1.165) is 0 Å². The Morgan fingerprint density at radius 1 is 1.12 bits per heavy atom. The summed E-state index contributed by atoms with van der Waals surface area (Å²) in [6.45, 7) is 7.87. The molecule has 3 fully saturated rings. The molecule has 2 N–H and O–H groups in total. The van der Waals surface area contributed by atoms with Gasteiger partial charge in [0.2, 0.25) is 11.8 Å². The molecule has 52 heavy (non-hydrogen) atoms. The first-order valence-electron chi connectivity index (χ1n) is 17.6. The number of hydrogen-bond acceptors (Lipinski definition) is 9. The SMILES string of the molecule is C=CCCC(=O)N[C@@H](COC)[C@@H](OC(=O)[C@@H]1[C@H]2O[C@@]3(CC2Br)[C@H](C(=O)N(CC=C)c2ccc(OC)cc2)N(CCCCO)C(=O)[C@@H]13)c1ccccc1. The molecule has 3 aliphatic rings. The van der Waals surface area contributed by atoms with Gasteiger partial charge < -0.3 is 39.2 Å². The molecule has 8 atom stereocenters. The summed E-state index contributed by atoms with van der Waals surface area (Å²) < 4.78 is 23.8. The molecule has 3 amide bonds. The first-order valence-corrected chi connectivity index (χ1v) is 18.5. The molecule has 3 heterocycles. The van der Waals surface area contributed by atoms with Gasteiger partial charge in [-0.3, -0.25) is 19.2 Å². The molecule has 2 bridgehead atoms. The Kier molecular flexibility index (Phi) is 13.3. The number of esters is 1. The molecule has 0 radical (unpaired) electrons. The lowest BCUT2D eigenvalue weighted by molar-refractivity contribution is -0.163. The summed E-state index contributed by atoms with van der Waals surface area (Å²) in [6, 6.07) is 14.3. The number of benzene rings is 2. The molecule has 0 saturated carbocycles. The van der Waals surface area contributed by atoms with Crippen molar-refractivity contribution in [3.05, 3.63) is 85.5 Å². The average Bonchev–Trinajstić information content (AvgIpc) is 3.75. The maximum Gasteiger partial charge on any atom is 0.313 e. The van der Waals surface area contributed by atoms with Crippen LogP contribution in [0.4, 0.5) is 5.69 Å². The van der Waals surface area contributed by atoms with Gasteiger partial charge in [-0.1, -0.05) is 58.4 Å². The zero-order valence-electron chi connectivity index (χ0n) is 29.7. The van der Waals surface area contributed by atoms with E-state index >= 15 is 0 Å². The molecule has 0 aliphatic carbocycles. The topological polar surface area (TPSA) is 144 Å². The number of anilines is 1. The Morgan fingerprint density at radius 2 is 1.85 bits per heavy atom. The van der Waals surface area contributed by atoms with Gasteiger partial charge in [0.05, 0.1) is 37.7 Å². The van der Waals surface area contributed by atoms with Crippen LogP contribution in [0, 0.1) is 11.8 Å². The van der Waals surface area contributed by atoms with Crippen molar-refractivity contribution in [2.45, 2.75) is 66.8 Å². The number of ether oxygens (including phenoxy) is 4. The molecule has 3 aliphatic heterocycles. The molecule has 1 spiro atoms. The first kappa shape index (κ1) is 39.2. The third-order valence-electron chi connectivity index (χ3n) is 10.1. The maximum atomic E-state index is 14.8. The maximum absolute atomic E-state index is 14.8.